The Labute approximate surface area is 123 Å². The maximum absolute atomic E-state index is 10.5. The van der Waals surface area contributed by atoms with E-state index in [9.17, 15) is 4.79 Å². The summed E-state index contributed by atoms with van der Waals surface area (Å²) in [5.41, 5.74) is 2.93. The molecule has 6 heteroatoms. The molecule has 0 amide bonds. The standard InChI is InChI=1S/C13H13BrN2O2S/c1-8-6-9(2-4-11(8)14)15-13-16-10(7-19-13)3-5-12(17)18/h2,4,6-7H,3,5H2,1H3,(H,15,16)(H,17,18). The Bertz CT molecular complexity index is 598. The molecule has 2 aromatic rings. The largest absolute Gasteiger partial charge is 0.481 e. The molecule has 2 N–H and O–H groups in total. The van der Waals surface area contributed by atoms with Crippen LogP contribution in [-0.4, -0.2) is 16.1 Å². The molecule has 0 unspecified atom stereocenters. The fourth-order valence-electron chi connectivity index (χ4n) is 1.56. The molecule has 1 aromatic heterocycles. The van der Waals surface area contributed by atoms with Gasteiger partial charge in [0.1, 0.15) is 0 Å². The number of halogens is 1. The summed E-state index contributed by atoms with van der Waals surface area (Å²) in [6.45, 7) is 2.02. The van der Waals surface area contributed by atoms with Gasteiger partial charge in [-0.2, -0.15) is 0 Å². The molecule has 1 heterocycles. The molecule has 0 bridgehead atoms. The second-order valence-corrected chi connectivity index (χ2v) is 5.84. The van der Waals surface area contributed by atoms with Crippen molar-refractivity contribution in [1.29, 1.82) is 0 Å². The highest BCUT2D eigenvalue weighted by Gasteiger charge is 2.05. The number of hydrogen-bond acceptors (Lipinski definition) is 4. The van der Waals surface area contributed by atoms with Crippen LogP contribution in [0.5, 0.6) is 0 Å². The Balaban J connectivity index is 2.02. The van der Waals surface area contributed by atoms with Gasteiger partial charge in [0, 0.05) is 22.0 Å². The summed E-state index contributed by atoms with van der Waals surface area (Å²) in [5, 5.41) is 14.5. The Morgan fingerprint density at radius 1 is 1.53 bits per heavy atom. The first-order valence-corrected chi connectivity index (χ1v) is 7.41. The van der Waals surface area contributed by atoms with E-state index < -0.39 is 5.97 Å². The van der Waals surface area contributed by atoms with Gasteiger partial charge in [-0.05, 0) is 30.7 Å². The lowest BCUT2D eigenvalue weighted by Crippen LogP contribution is -1.98. The van der Waals surface area contributed by atoms with E-state index >= 15 is 0 Å². The van der Waals surface area contributed by atoms with Crippen molar-refractivity contribution >= 4 is 44.1 Å². The first-order valence-electron chi connectivity index (χ1n) is 5.74. The molecule has 0 saturated carbocycles. The number of nitrogens with zero attached hydrogens (tertiary/aromatic N) is 1. The number of anilines is 2. The smallest absolute Gasteiger partial charge is 0.303 e. The molecule has 19 heavy (non-hydrogen) atoms. The third-order valence-corrected chi connectivity index (χ3v) is 4.25. The highest BCUT2D eigenvalue weighted by molar-refractivity contribution is 9.10. The van der Waals surface area contributed by atoms with Gasteiger partial charge in [-0.3, -0.25) is 4.79 Å². The van der Waals surface area contributed by atoms with Crippen molar-refractivity contribution in [2.75, 3.05) is 5.32 Å². The maximum Gasteiger partial charge on any atom is 0.303 e. The monoisotopic (exact) mass is 340 g/mol. The van der Waals surface area contributed by atoms with Gasteiger partial charge in [0.25, 0.3) is 0 Å². The summed E-state index contributed by atoms with van der Waals surface area (Å²) >= 11 is 4.94. The van der Waals surface area contributed by atoms with Crippen LogP contribution < -0.4 is 5.32 Å². The van der Waals surface area contributed by atoms with Gasteiger partial charge in [0.05, 0.1) is 12.1 Å². The molecule has 0 saturated heterocycles. The minimum Gasteiger partial charge on any atom is -0.481 e. The summed E-state index contributed by atoms with van der Waals surface area (Å²) in [6, 6.07) is 5.98. The van der Waals surface area contributed by atoms with Crippen molar-refractivity contribution in [3.63, 3.8) is 0 Å². The zero-order valence-electron chi connectivity index (χ0n) is 10.3. The van der Waals surface area contributed by atoms with Crippen molar-refractivity contribution in [2.24, 2.45) is 0 Å². The molecule has 0 radical (unpaired) electrons. The van der Waals surface area contributed by atoms with Crippen molar-refractivity contribution in [1.82, 2.24) is 4.98 Å². The van der Waals surface area contributed by atoms with Crippen LogP contribution in [0, 0.1) is 6.92 Å². The second kappa shape index (κ2) is 6.16. The summed E-state index contributed by atoms with van der Waals surface area (Å²) in [4.78, 5) is 14.9. The molecule has 4 nitrogen and oxygen atoms in total. The van der Waals surface area contributed by atoms with E-state index in [0.29, 0.717) is 6.42 Å². The Morgan fingerprint density at radius 3 is 3.00 bits per heavy atom. The van der Waals surface area contributed by atoms with Crippen molar-refractivity contribution < 1.29 is 9.90 Å². The SMILES string of the molecule is Cc1cc(Nc2nc(CCC(=O)O)cs2)ccc1Br. The lowest BCUT2D eigenvalue weighted by molar-refractivity contribution is -0.136. The van der Waals surface area contributed by atoms with E-state index in [1.807, 2.05) is 30.5 Å². The van der Waals surface area contributed by atoms with Crippen LogP contribution in [0.3, 0.4) is 0 Å². The fraction of sp³-hybridized carbons (Fsp3) is 0.231. The van der Waals surface area contributed by atoms with Crippen LogP contribution in [0.25, 0.3) is 0 Å². The fourth-order valence-corrected chi connectivity index (χ4v) is 2.57. The molecule has 0 aliphatic rings. The number of thiazole rings is 1. The predicted molar refractivity (Wildman–Crippen MR) is 80.2 cm³/mol. The quantitative estimate of drug-likeness (QED) is 0.864. The number of carbonyl (C=O) groups is 1. The van der Waals surface area contributed by atoms with E-state index in [2.05, 4.69) is 26.2 Å². The van der Waals surface area contributed by atoms with Gasteiger partial charge in [-0.15, -0.1) is 11.3 Å². The molecule has 0 atom stereocenters. The number of carboxylic acids is 1. The van der Waals surface area contributed by atoms with E-state index in [1.54, 1.807) is 0 Å². The van der Waals surface area contributed by atoms with E-state index in [1.165, 1.54) is 11.3 Å². The first kappa shape index (κ1) is 14.0. The maximum atomic E-state index is 10.5. The number of aliphatic carboxylic acids is 1. The van der Waals surface area contributed by atoms with Crippen LogP contribution in [0.2, 0.25) is 0 Å². The van der Waals surface area contributed by atoms with Gasteiger partial charge in [0.15, 0.2) is 5.13 Å². The highest BCUT2D eigenvalue weighted by Crippen LogP contribution is 2.25. The van der Waals surface area contributed by atoms with Crippen molar-refractivity contribution in [3.8, 4) is 0 Å². The molecule has 0 aliphatic carbocycles. The lowest BCUT2D eigenvalue weighted by Gasteiger charge is -2.04. The highest BCUT2D eigenvalue weighted by atomic mass is 79.9. The topological polar surface area (TPSA) is 62.2 Å². The molecule has 1 aromatic carbocycles. The number of aryl methyl sites for hydroxylation is 2. The average molecular weight is 341 g/mol. The minimum atomic E-state index is -0.800. The first-order chi connectivity index (χ1) is 9.04. The van der Waals surface area contributed by atoms with Crippen LogP contribution in [-0.2, 0) is 11.2 Å². The molecule has 100 valence electrons. The van der Waals surface area contributed by atoms with Crippen LogP contribution in [0.1, 0.15) is 17.7 Å². The normalized spacial score (nSPS) is 10.4. The number of nitrogens with one attached hydrogen (secondary N) is 1. The van der Waals surface area contributed by atoms with Crippen molar-refractivity contribution in [2.45, 2.75) is 19.8 Å². The van der Waals surface area contributed by atoms with Gasteiger partial charge in [0.2, 0.25) is 0 Å². The van der Waals surface area contributed by atoms with Crippen LogP contribution >= 0.6 is 27.3 Å². The van der Waals surface area contributed by atoms with Gasteiger partial charge in [-0.1, -0.05) is 15.9 Å². The number of carboxylic acid groups (broad SMARTS) is 1. The second-order valence-electron chi connectivity index (χ2n) is 4.13. The molecular weight excluding hydrogens is 328 g/mol. The third-order valence-electron chi connectivity index (χ3n) is 2.56. The molecule has 2 rings (SSSR count). The predicted octanol–water partition coefficient (Wildman–Crippen LogP) is 3.97. The minimum absolute atomic E-state index is 0.112. The van der Waals surface area contributed by atoms with Gasteiger partial charge in [-0.25, -0.2) is 4.98 Å². The van der Waals surface area contributed by atoms with E-state index in [-0.39, 0.29) is 6.42 Å². The molecular formula is C13H13BrN2O2S. The Morgan fingerprint density at radius 2 is 2.32 bits per heavy atom. The summed E-state index contributed by atoms with van der Waals surface area (Å²) in [6.07, 6.45) is 0.577. The summed E-state index contributed by atoms with van der Waals surface area (Å²) in [5.74, 6) is -0.800. The summed E-state index contributed by atoms with van der Waals surface area (Å²) in [7, 11) is 0. The molecule has 0 aliphatic heterocycles. The third kappa shape index (κ3) is 4.04. The number of aromatic nitrogens is 1. The van der Waals surface area contributed by atoms with Gasteiger partial charge < -0.3 is 10.4 Å². The van der Waals surface area contributed by atoms with E-state index in [0.717, 1.165) is 26.5 Å². The Hall–Kier alpha value is -1.40. The zero-order chi connectivity index (χ0) is 13.8. The molecule has 0 spiro atoms. The number of hydrogen-bond donors (Lipinski definition) is 2. The van der Waals surface area contributed by atoms with Crippen LogP contribution in [0.4, 0.5) is 10.8 Å². The Kier molecular flexibility index (Phi) is 4.55. The molecule has 0 fully saturated rings. The van der Waals surface area contributed by atoms with Crippen molar-refractivity contribution in [3.05, 3.63) is 39.3 Å². The van der Waals surface area contributed by atoms with Crippen LogP contribution in [0.15, 0.2) is 28.1 Å². The number of benzene rings is 1. The van der Waals surface area contributed by atoms with E-state index in [4.69, 9.17) is 5.11 Å². The summed E-state index contributed by atoms with van der Waals surface area (Å²) < 4.78 is 1.07. The lowest BCUT2D eigenvalue weighted by atomic mass is 10.2. The number of rotatable bonds is 5. The average Bonchev–Trinajstić information content (AvgIpc) is 2.79. The zero-order valence-corrected chi connectivity index (χ0v) is 12.7. The van der Waals surface area contributed by atoms with Gasteiger partial charge >= 0.3 is 5.97 Å².